The standard InChI is InChI=1S/C9H14ClN3O/c1-6-7(2)13-9(8(10)12-6)11-4-3-5-14/h14H,3-5H2,1-2H3,(H,11,13). The zero-order valence-electron chi connectivity index (χ0n) is 8.34. The Balaban J connectivity index is 2.72. The summed E-state index contributed by atoms with van der Waals surface area (Å²) < 4.78 is 0. The van der Waals surface area contributed by atoms with Gasteiger partial charge in [-0.25, -0.2) is 9.97 Å². The second kappa shape index (κ2) is 5.12. The molecule has 0 radical (unpaired) electrons. The normalized spacial score (nSPS) is 10.3. The average Bonchev–Trinajstić information content (AvgIpc) is 2.14. The maximum absolute atomic E-state index is 8.60. The molecule has 0 aliphatic rings. The molecule has 5 heteroatoms. The molecule has 1 rings (SSSR count). The summed E-state index contributed by atoms with van der Waals surface area (Å²) in [6.07, 6.45) is 0.672. The second-order valence-corrected chi connectivity index (χ2v) is 3.40. The van der Waals surface area contributed by atoms with Crippen LogP contribution in [0.3, 0.4) is 0 Å². The minimum Gasteiger partial charge on any atom is -0.396 e. The number of hydrogen-bond donors (Lipinski definition) is 2. The Hall–Kier alpha value is -0.870. The van der Waals surface area contributed by atoms with Gasteiger partial charge in [-0.05, 0) is 20.3 Å². The molecule has 0 aliphatic carbocycles. The average molecular weight is 216 g/mol. The van der Waals surface area contributed by atoms with E-state index >= 15 is 0 Å². The van der Waals surface area contributed by atoms with Crippen LogP contribution in [0, 0.1) is 13.8 Å². The Bertz CT molecular complexity index is 317. The first-order chi connectivity index (χ1) is 6.65. The van der Waals surface area contributed by atoms with Crippen molar-refractivity contribution < 1.29 is 5.11 Å². The summed E-state index contributed by atoms with van der Waals surface area (Å²) in [6.45, 7) is 4.55. The SMILES string of the molecule is Cc1nc(Cl)c(NCCCO)nc1C. The molecule has 78 valence electrons. The van der Waals surface area contributed by atoms with Crippen LogP contribution in [0.2, 0.25) is 5.15 Å². The summed E-state index contributed by atoms with van der Waals surface area (Å²) in [7, 11) is 0. The van der Waals surface area contributed by atoms with Crippen molar-refractivity contribution in [2.75, 3.05) is 18.5 Å². The Morgan fingerprint density at radius 1 is 1.29 bits per heavy atom. The summed E-state index contributed by atoms with van der Waals surface area (Å²) in [6, 6.07) is 0. The van der Waals surface area contributed by atoms with Crippen LogP contribution in [-0.2, 0) is 0 Å². The van der Waals surface area contributed by atoms with E-state index in [0.29, 0.717) is 23.9 Å². The van der Waals surface area contributed by atoms with Gasteiger partial charge in [0, 0.05) is 13.2 Å². The lowest BCUT2D eigenvalue weighted by atomic mass is 10.3. The highest BCUT2D eigenvalue weighted by atomic mass is 35.5. The molecule has 0 saturated heterocycles. The number of nitrogens with one attached hydrogen (secondary N) is 1. The number of nitrogens with zero attached hydrogens (tertiary/aromatic N) is 2. The molecule has 2 N–H and O–H groups in total. The van der Waals surface area contributed by atoms with E-state index < -0.39 is 0 Å². The van der Waals surface area contributed by atoms with Crippen LogP contribution < -0.4 is 5.32 Å². The molecular weight excluding hydrogens is 202 g/mol. The largest absolute Gasteiger partial charge is 0.396 e. The fraction of sp³-hybridized carbons (Fsp3) is 0.556. The van der Waals surface area contributed by atoms with Gasteiger partial charge in [0.05, 0.1) is 11.4 Å². The van der Waals surface area contributed by atoms with Gasteiger partial charge < -0.3 is 10.4 Å². The molecule has 4 nitrogen and oxygen atoms in total. The molecule has 1 heterocycles. The van der Waals surface area contributed by atoms with E-state index in [4.69, 9.17) is 16.7 Å². The van der Waals surface area contributed by atoms with Gasteiger partial charge in [-0.3, -0.25) is 0 Å². The van der Waals surface area contributed by atoms with E-state index in [-0.39, 0.29) is 6.61 Å². The van der Waals surface area contributed by atoms with E-state index in [0.717, 1.165) is 11.4 Å². The van der Waals surface area contributed by atoms with Crippen molar-refractivity contribution >= 4 is 17.4 Å². The van der Waals surface area contributed by atoms with Gasteiger partial charge in [0.15, 0.2) is 11.0 Å². The molecule has 0 aliphatic heterocycles. The lowest BCUT2D eigenvalue weighted by Gasteiger charge is -2.08. The molecule has 0 saturated carbocycles. The first-order valence-electron chi connectivity index (χ1n) is 4.50. The van der Waals surface area contributed by atoms with Gasteiger partial charge in [-0.1, -0.05) is 11.6 Å². The molecule has 0 amide bonds. The zero-order valence-corrected chi connectivity index (χ0v) is 9.10. The topological polar surface area (TPSA) is 58.0 Å². The molecule has 0 fully saturated rings. The maximum atomic E-state index is 8.60. The number of aryl methyl sites for hydroxylation is 2. The van der Waals surface area contributed by atoms with Crippen LogP contribution in [0.15, 0.2) is 0 Å². The highest BCUT2D eigenvalue weighted by molar-refractivity contribution is 6.31. The van der Waals surface area contributed by atoms with E-state index in [2.05, 4.69) is 15.3 Å². The van der Waals surface area contributed by atoms with Gasteiger partial charge in [-0.2, -0.15) is 0 Å². The summed E-state index contributed by atoms with van der Waals surface area (Å²) in [4.78, 5) is 8.39. The van der Waals surface area contributed by atoms with Crippen LogP contribution in [0.5, 0.6) is 0 Å². The number of aliphatic hydroxyl groups is 1. The Morgan fingerprint density at radius 3 is 2.57 bits per heavy atom. The second-order valence-electron chi connectivity index (χ2n) is 3.04. The van der Waals surface area contributed by atoms with Gasteiger partial charge >= 0.3 is 0 Å². The minimum atomic E-state index is 0.156. The molecule has 0 aromatic carbocycles. The summed E-state index contributed by atoms with van der Waals surface area (Å²) >= 11 is 5.88. The number of halogens is 1. The third kappa shape index (κ3) is 2.82. The van der Waals surface area contributed by atoms with E-state index in [1.807, 2.05) is 13.8 Å². The smallest absolute Gasteiger partial charge is 0.171 e. The van der Waals surface area contributed by atoms with E-state index in [1.54, 1.807) is 0 Å². The zero-order chi connectivity index (χ0) is 10.6. The van der Waals surface area contributed by atoms with Crippen molar-refractivity contribution in [3.05, 3.63) is 16.5 Å². The highest BCUT2D eigenvalue weighted by Gasteiger charge is 2.05. The van der Waals surface area contributed by atoms with Gasteiger partial charge in [0.1, 0.15) is 0 Å². The molecule has 1 aromatic heterocycles. The number of aliphatic hydroxyl groups excluding tert-OH is 1. The minimum absolute atomic E-state index is 0.156. The van der Waals surface area contributed by atoms with Crippen LogP contribution in [0.25, 0.3) is 0 Å². The number of rotatable bonds is 4. The Morgan fingerprint density at radius 2 is 1.93 bits per heavy atom. The molecule has 0 unspecified atom stereocenters. The van der Waals surface area contributed by atoms with Crippen molar-refractivity contribution in [1.29, 1.82) is 0 Å². The first-order valence-corrected chi connectivity index (χ1v) is 4.88. The van der Waals surface area contributed by atoms with Gasteiger partial charge in [0.2, 0.25) is 0 Å². The van der Waals surface area contributed by atoms with E-state index in [1.165, 1.54) is 0 Å². The predicted molar refractivity (Wildman–Crippen MR) is 56.7 cm³/mol. The van der Waals surface area contributed by atoms with Crippen LogP contribution in [0.1, 0.15) is 17.8 Å². The quantitative estimate of drug-likeness (QED) is 0.749. The van der Waals surface area contributed by atoms with Crippen molar-refractivity contribution in [3.63, 3.8) is 0 Å². The molecule has 0 spiro atoms. The van der Waals surface area contributed by atoms with Gasteiger partial charge in [0.25, 0.3) is 0 Å². The van der Waals surface area contributed by atoms with E-state index in [9.17, 15) is 0 Å². The van der Waals surface area contributed by atoms with Crippen molar-refractivity contribution in [3.8, 4) is 0 Å². The molecule has 0 bridgehead atoms. The number of hydrogen-bond acceptors (Lipinski definition) is 4. The maximum Gasteiger partial charge on any atom is 0.171 e. The lowest BCUT2D eigenvalue weighted by molar-refractivity contribution is 0.292. The summed E-state index contributed by atoms with van der Waals surface area (Å²) in [5.41, 5.74) is 1.70. The number of aromatic nitrogens is 2. The van der Waals surface area contributed by atoms with Crippen molar-refractivity contribution in [1.82, 2.24) is 9.97 Å². The fourth-order valence-electron chi connectivity index (χ4n) is 0.974. The van der Waals surface area contributed by atoms with Crippen molar-refractivity contribution in [2.24, 2.45) is 0 Å². The molecular formula is C9H14ClN3O. The fourth-order valence-corrected chi connectivity index (χ4v) is 1.21. The third-order valence-electron chi connectivity index (χ3n) is 1.89. The number of anilines is 1. The lowest BCUT2D eigenvalue weighted by Crippen LogP contribution is -2.07. The first kappa shape index (κ1) is 11.2. The van der Waals surface area contributed by atoms with Crippen LogP contribution >= 0.6 is 11.6 Å². The van der Waals surface area contributed by atoms with Crippen LogP contribution in [-0.4, -0.2) is 28.2 Å². The third-order valence-corrected chi connectivity index (χ3v) is 2.16. The molecule has 1 aromatic rings. The summed E-state index contributed by atoms with van der Waals surface area (Å²) in [5.74, 6) is 0.586. The van der Waals surface area contributed by atoms with Crippen LogP contribution in [0.4, 0.5) is 5.82 Å². The monoisotopic (exact) mass is 215 g/mol. The highest BCUT2D eigenvalue weighted by Crippen LogP contribution is 2.17. The Labute approximate surface area is 88.3 Å². The molecule has 14 heavy (non-hydrogen) atoms. The Kier molecular flexibility index (Phi) is 4.10. The van der Waals surface area contributed by atoms with Crippen molar-refractivity contribution in [2.45, 2.75) is 20.3 Å². The predicted octanol–water partition coefficient (Wildman–Crippen LogP) is 1.54. The van der Waals surface area contributed by atoms with Gasteiger partial charge in [-0.15, -0.1) is 0 Å². The molecule has 0 atom stereocenters. The summed E-state index contributed by atoms with van der Waals surface area (Å²) in [5, 5.41) is 12.0.